The second kappa shape index (κ2) is 4.70. The van der Waals surface area contributed by atoms with Gasteiger partial charge in [-0.05, 0) is 19.1 Å². The maximum absolute atomic E-state index is 12.7. The quantitative estimate of drug-likeness (QED) is 0.790. The van der Waals surface area contributed by atoms with Crippen LogP contribution in [0.3, 0.4) is 0 Å². The number of carbonyl (C=O) groups is 1. The molecule has 0 spiro atoms. The minimum Gasteiger partial charge on any atom is -0.495 e. The van der Waals surface area contributed by atoms with E-state index in [1.54, 1.807) is 0 Å². The van der Waals surface area contributed by atoms with Crippen molar-refractivity contribution < 1.29 is 18.3 Å². The zero-order valence-electron chi connectivity index (χ0n) is 8.18. The molecular weight excluding hydrogens is 270 g/mol. The van der Waals surface area contributed by atoms with E-state index in [-0.39, 0.29) is 27.1 Å². The van der Waals surface area contributed by atoms with Gasteiger partial charge >= 0.3 is 0 Å². The van der Waals surface area contributed by atoms with Gasteiger partial charge in [-0.1, -0.05) is 15.9 Å². The Morgan fingerprint density at radius 3 is 2.47 bits per heavy atom. The van der Waals surface area contributed by atoms with E-state index in [0.717, 1.165) is 0 Å². The first kappa shape index (κ1) is 12.1. The molecular formula is C10H9BrF2O2. The molecule has 1 aromatic carbocycles. The highest BCUT2D eigenvalue weighted by molar-refractivity contribution is 9.10. The Kier molecular flexibility index (Phi) is 3.79. The van der Waals surface area contributed by atoms with Crippen molar-refractivity contribution in [3.63, 3.8) is 0 Å². The first-order valence-electron chi connectivity index (χ1n) is 4.14. The number of methoxy groups -OCH3 is 1. The fourth-order valence-corrected chi connectivity index (χ4v) is 1.76. The second-order valence-electron chi connectivity index (χ2n) is 2.90. The van der Waals surface area contributed by atoms with E-state index in [0.29, 0.717) is 0 Å². The van der Waals surface area contributed by atoms with Crippen LogP contribution >= 0.6 is 15.9 Å². The van der Waals surface area contributed by atoms with E-state index < -0.39 is 6.43 Å². The number of hydrogen-bond acceptors (Lipinski definition) is 2. The van der Waals surface area contributed by atoms with Crippen LogP contribution in [0.25, 0.3) is 0 Å². The molecule has 1 rings (SSSR count). The number of ether oxygens (including phenoxy) is 1. The van der Waals surface area contributed by atoms with E-state index in [2.05, 4.69) is 15.9 Å². The van der Waals surface area contributed by atoms with Crippen molar-refractivity contribution in [2.24, 2.45) is 0 Å². The summed E-state index contributed by atoms with van der Waals surface area (Å²) in [7, 11) is 1.26. The van der Waals surface area contributed by atoms with Gasteiger partial charge in [-0.25, -0.2) is 8.78 Å². The van der Waals surface area contributed by atoms with Crippen LogP contribution < -0.4 is 4.74 Å². The summed E-state index contributed by atoms with van der Waals surface area (Å²) in [6, 6.07) is 2.87. The summed E-state index contributed by atoms with van der Waals surface area (Å²) in [6.45, 7) is 1.31. The smallest absolute Gasteiger partial charge is 0.268 e. The summed E-state index contributed by atoms with van der Waals surface area (Å²) < 4.78 is 30.5. The van der Waals surface area contributed by atoms with Gasteiger partial charge in [0.05, 0.1) is 18.2 Å². The fraction of sp³-hybridized carbons (Fsp3) is 0.300. The summed E-state index contributed by atoms with van der Waals surface area (Å²) in [4.78, 5) is 11.2. The summed E-state index contributed by atoms with van der Waals surface area (Å²) in [5.41, 5.74) is -0.124. The SMILES string of the molecule is COc1c(C(C)=O)ccc(Br)c1C(F)F. The van der Waals surface area contributed by atoms with Gasteiger partial charge in [-0.3, -0.25) is 4.79 Å². The largest absolute Gasteiger partial charge is 0.495 e. The Bertz CT molecular complexity index is 391. The number of alkyl halides is 2. The standard InChI is InChI=1S/C10H9BrF2O2/c1-5(14)6-3-4-7(11)8(10(12)13)9(6)15-2/h3-4,10H,1-2H3. The van der Waals surface area contributed by atoms with Crippen LogP contribution in [-0.2, 0) is 0 Å². The average molecular weight is 279 g/mol. The van der Waals surface area contributed by atoms with Crippen molar-refractivity contribution in [2.45, 2.75) is 13.3 Å². The molecule has 0 aliphatic heterocycles. The first-order valence-corrected chi connectivity index (χ1v) is 4.93. The number of carbonyl (C=O) groups excluding carboxylic acids is 1. The van der Waals surface area contributed by atoms with Gasteiger partial charge in [0.2, 0.25) is 0 Å². The Hall–Kier alpha value is -0.970. The molecule has 0 bridgehead atoms. The molecule has 2 nitrogen and oxygen atoms in total. The van der Waals surface area contributed by atoms with Crippen molar-refractivity contribution >= 4 is 21.7 Å². The molecule has 0 unspecified atom stereocenters. The van der Waals surface area contributed by atoms with E-state index >= 15 is 0 Å². The van der Waals surface area contributed by atoms with Crippen molar-refractivity contribution in [2.75, 3.05) is 7.11 Å². The lowest BCUT2D eigenvalue weighted by Crippen LogP contribution is -2.02. The van der Waals surface area contributed by atoms with Gasteiger partial charge in [0.15, 0.2) is 5.78 Å². The van der Waals surface area contributed by atoms with Gasteiger partial charge in [-0.15, -0.1) is 0 Å². The highest BCUT2D eigenvalue weighted by Gasteiger charge is 2.22. The first-order chi connectivity index (χ1) is 6.99. The summed E-state index contributed by atoms with van der Waals surface area (Å²) in [6.07, 6.45) is -2.69. The lowest BCUT2D eigenvalue weighted by Gasteiger charge is -2.12. The predicted octanol–water partition coefficient (Wildman–Crippen LogP) is 3.60. The average Bonchev–Trinajstić information content (AvgIpc) is 2.15. The van der Waals surface area contributed by atoms with E-state index in [1.807, 2.05) is 0 Å². The van der Waals surface area contributed by atoms with E-state index in [1.165, 1.54) is 26.2 Å². The number of Topliss-reactive ketones (excluding diaryl/α,β-unsaturated/α-hetero) is 1. The monoisotopic (exact) mass is 278 g/mol. The van der Waals surface area contributed by atoms with Crippen LogP contribution in [0.2, 0.25) is 0 Å². The number of ketones is 1. The fourth-order valence-electron chi connectivity index (χ4n) is 1.28. The Morgan fingerprint density at radius 1 is 1.47 bits per heavy atom. The third-order valence-corrected chi connectivity index (χ3v) is 2.64. The molecule has 0 aliphatic rings. The second-order valence-corrected chi connectivity index (χ2v) is 3.75. The number of rotatable bonds is 3. The lowest BCUT2D eigenvalue weighted by molar-refractivity contribution is 0.101. The topological polar surface area (TPSA) is 26.3 Å². The van der Waals surface area contributed by atoms with E-state index in [9.17, 15) is 13.6 Å². The zero-order chi connectivity index (χ0) is 11.6. The molecule has 82 valence electrons. The molecule has 1 aromatic rings. The van der Waals surface area contributed by atoms with Crippen molar-refractivity contribution in [3.05, 3.63) is 27.7 Å². The summed E-state index contributed by atoms with van der Waals surface area (Å²) in [5.74, 6) is -0.367. The third kappa shape index (κ3) is 2.34. The molecule has 0 N–H and O–H groups in total. The molecule has 0 heterocycles. The number of hydrogen-bond donors (Lipinski definition) is 0. The molecule has 0 fully saturated rings. The molecule has 15 heavy (non-hydrogen) atoms. The van der Waals surface area contributed by atoms with Crippen molar-refractivity contribution in [3.8, 4) is 5.75 Å². The molecule has 0 atom stereocenters. The van der Waals surface area contributed by atoms with Crippen molar-refractivity contribution in [1.29, 1.82) is 0 Å². The number of halogens is 3. The van der Waals surface area contributed by atoms with Crippen LogP contribution in [0.1, 0.15) is 29.3 Å². The zero-order valence-corrected chi connectivity index (χ0v) is 9.77. The minimum absolute atomic E-state index is 0.0631. The Balaban J connectivity index is 3.47. The maximum atomic E-state index is 12.7. The molecule has 0 aliphatic carbocycles. The van der Waals surface area contributed by atoms with Gasteiger partial charge < -0.3 is 4.74 Å². The van der Waals surface area contributed by atoms with Crippen molar-refractivity contribution in [1.82, 2.24) is 0 Å². The van der Waals surface area contributed by atoms with Gasteiger partial charge in [0.1, 0.15) is 5.75 Å². The Morgan fingerprint density at radius 2 is 2.07 bits per heavy atom. The van der Waals surface area contributed by atoms with Gasteiger partial charge in [0.25, 0.3) is 6.43 Å². The minimum atomic E-state index is -2.69. The van der Waals surface area contributed by atoms with Crippen LogP contribution in [0.4, 0.5) is 8.78 Å². The predicted molar refractivity (Wildman–Crippen MR) is 55.7 cm³/mol. The normalized spacial score (nSPS) is 10.5. The van der Waals surface area contributed by atoms with Crippen LogP contribution in [0.5, 0.6) is 5.75 Å². The molecule has 0 saturated carbocycles. The molecule has 0 aromatic heterocycles. The lowest BCUT2D eigenvalue weighted by atomic mass is 10.1. The highest BCUT2D eigenvalue weighted by Crippen LogP contribution is 2.37. The Labute approximate surface area is 94.4 Å². The molecule has 0 amide bonds. The van der Waals surface area contributed by atoms with Crippen LogP contribution in [-0.4, -0.2) is 12.9 Å². The van der Waals surface area contributed by atoms with Crippen LogP contribution in [0, 0.1) is 0 Å². The highest BCUT2D eigenvalue weighted by atomic mass is 79.9. The van der Waals surface area contributed by atoms with Crippen LogP contribution in [0.15, 0.2) is 16.6 Å². The summed E-state index contributed by atoms with van der Waals surface area (Å²) in [5, 5.41) is 0. The van der Waals surface area contributed by atoms with Gasteiger partial charge in [0, 0.05) is 4.47 Å². The third-order valence-electron chi connectivity index (χ3n) is 1.94. The molecule has 5 heteroatoms. The van der Waals surface area contributed by atoms with E-state index in [4.69, 9.17) is 4.74 Å². The van der Waals surface area contributed by atoms with Gasteiger partial charge in [-0.2, -0.15) is 0 Å². The summed E-state index contributed by atoms with van der Waals surface area (Å²) >= 11 is 3.00. The molecule has 0 saturated heterocycles. The number of benzene rings is 1. The molecule has 0 radical (unpaired) electrons. The maximum Gasteiger partial charge on any atom is 0.268 e.